The molecular weight excluding hydrogens is 254 g/mol. The average molecular weight is 275 g/mol. The molecule has 0 aromatic heterocycles. The lowest BCUT2D eigenvalue weighted by Gasteiger charge is -2.22. The molecule has 1 aliphatic rings. The van der Waals surface area contributed by atoms with E-state index >= 15 is 0 Å². The van der Waals surface area contributed by atoms with E-state index in [-0.39, 0.29) is 18.2 Å². The number of carbonyl (C=O) groups is 2. The number of carbonyl (C=O) groups excluding carboxylic acids is 2. The lowest BCUT2D eigenvalue weighted by atomic mass is 9.98. The van der Waals surface area contributed by atoms with Crippen LogP contribution in [0.15, 0.2) is 30.3 Å². The second-order valence-corrected chi connectivity index (χ2v) is 5.28. The Labute approximate surface area is 118 Å². The van der Waals surface area contributed by atoms with Gasteiger partial charge in [-0.2, -0.15) is 0 Å². The molecule has 2 amide bonds. The van der Waals surface area contributed by atoms with E-state index in [4.69, 9.17) is 5.73 Å². The Morgan fingerprint density at radius 1 is 1.15 bits per heavy atom. The van der Waals surface area contributed by atoms with Crippen LogP contribution in [0.5, 0.6) is 0 Å². The molecule has 0 spiro atoms. The molecule has 4 N–H and O–H groups in total. The quantitative estimate of drug-likeness (QED) is 0.759. The zero-order valence-electron chi connectivity index (χ0n) is 11.5. The van der Waals surface area contributed by atoms with Gasteiger partial charge in [0.15, 0.2) is 0 Å². The van der Waals surface area contributed by atoms with Gasteiger partial charge in [-0.25, -0.2) is 0 Å². The van der Waals surface area contributed by atoms with Crippen molar-refractivity contribution < 1.29 is 9.59 Å². The van der Waals surface area contributed by atoms with E-state index in [1.165, 1.54) is 0 Å². The number of hydrogen-bond donors (Lipinski definition) is 3. The molecule has 1 aromatic rings. The smallest absolute Gasteiger partial charge is 0.240 e. The van der Waals surface area contributed by atoms with Gasteiger partial charge in [-0.15, -0.1) is 0 Å². The Bertz CT molecular complexity index is 467. The summed E-state index contributed by atoms with van der Waals surface area (Å²) in [5.41, 5.74) is 6.06. The Morgan fingerprint density at radius 2 is 1.80 bits per heavy atom. The number of anilines is 1. The molecule has 0 bridgehead atoms. The fourth-order valence-corrected chi connectivity index (χ4v) is 2.44. The van der Waals surface area contributed by atoms with E-state index in [2.05, 4.69) is 10.6 Å². The third kappa shape index (κ3) is 3.81. The van der Waals surface area contributed by atoms with Gasteiger partial charge < -0.3 is 16.4 Å². The fourth-order valence-electron chi connectivity index (χ4n) is 2.44. The fraction of sp³-hybridized carbons (Fsp3) is 0.467. The van der Waals surface area contributed by atoms with Crippen LogP contribution in [0.4, 0.5) is 5.69 Å². The first kappa shape index (κ1) is 14.5. The van der Waals surface area contributed by atoms with Gasteiger partial charge >= 0.3 is 0 Å². The lowest BCUT2D eigenvalue weighted by molar-refractivity contribution is -0.126. The minimum Gasteiger partial charge on any atom is -0.354 e. The van der Waals surface area contributed by atoms with E-state index in [1.807, 2.05) is 30.3 Å². The number of rotatable bonds is 5. The SMILES string of the molecule is NC1(C(=O)NCCC(=O)Nc2ccccc2)CCCC1. The molecule has 1 aliphatic carbocycles. The van der Waals surface area contributed by atoms with Gasteiger partial charge in [0.25, 0.3) is 0 Å². The number of hydrogen-bond acceptors (Lipinski definition) is 3. The second kappa shape index (κ2) is 6.52. The molecule has 1 aromatic carbocycles. The summed E-state index contributed by atoms with van der Waals surface area (Å²) in [6, 6.07) is 9.25. The van der Waals surface area contributed by atoms with Crippen molar-refractivity contribution in [3.05, 3.63) is 30.3 Å². The third-order valence-electron chi connectivity index (χ3n) is 3.64. The van der Waals surface area contributed by atoms with Crippen molar-refractivity contribution in [1.29, 1.82) is 0 Å². The maximum absolute atomic E-state index is 11.9. The minimum absolute atomic E-state index is 0.117. The van der Waals surface area contributed by atoms with E-state index in [0.717, 1.165) is 31.4 Å². The molecule has 108 valence electrons. The van der Waals surface area contributed by atoms with Crippen molar-refractivity contribution in [1.82, 2.24) is 5.32 Å². The predicted octanol–water partition coefficient (Wildman–Crippen LogP) is 1.40. The van der Waals surface area contributed by atoms with E-state index in [9.17, 15) is 9.59 Å². The van der Waals surface area contributed by atoms with Crippen LogP contribution < -0.4 is 16.4 Å². The van der Waals surface area contributed by atoms with Gasteiger partial charge in [0.05, 0.1) is 5.54 Å². The van der Waals surface area contributed by atoms with Crippen molar-refractivity contribution in [2.75, 3.05) is 11.9 Å². The van der Waals surface area contributed by atoms with E-state index in [1.54, 1.807) is 0 Å². The summed E-state index contributed by atoms with van der Waals surface area (Å²) in [6.07, 6.45) is 3.71. The largest absolute Gasteiger partial charge is 0.354 e. The monoisotopic (exact) mass is 275 g/mol. The lowest BCUT2D eigenvalue weighted by Crippen LogP contribution is -2.52. The number of benzene rings is 1. The number of amides is 2. The summed E-state index contributed by atoms with van der Waals surface area (Å²) in [4.78, 5) is 23.6. The van der Waals surface area contributed by atoms with E-state index < -0.39 is 5.54 Å². The topological polar surface area (TPSA) is 84.2 Å². The molecule has 0 heterocycles. The number of para-hydroxylation sites is 1. The summed E-state index contributed by atoms with van der Waals surface area (Å²) < 4.78 is 0. The highest BCUT2D eigenvalue weighted by atomic mass is 16.2. The molecule has 2 rings (SSSR count). The van der Waals surface area contributed by atoms with Crippen molar-refractivity contribution in [3.63, 3.8) is 0 Å². The molecule has 0 radical (unpaired) electrons. The zero-order chi connectivity index (χ0) is 14.4. The zero-order valence-corrected chi connectivity index (χ0v) is 11.5. The number of nitrogens with one attached hydrogen (secondary N) is 2. The van der Waals surface area contributed by atoms with Gasteiger partial charge in [0.2, 0.25) is 11.8 Å². The normalized spacial score (nSPS) is 16.6. The van der Waals surface area contributed by atoms with Gasteiger partial charge in [-0.1, -0.05) is 31.0 Å². The molecule has 1 fully saturated rings. The summed E-state index contributed by atoms with van der Waals surface area (Å²) in [7, 11) is 0. The molecule has 1 saturated carbocycles. The van der Waals surface area contributed by atoms with Crippen molar-refractivity contribution in [2.45, 2.75) is 37.6 Å². The van der Waals surface area contributed by atoms with Crippen LogP contribution in [-0.2, 0) is 9.59 Å². The Balaban J connectivity index is 1.70. The van der Waals surface area contributed by atoms with Crippen molar-refractivity contribution in [2.24, 2.45) is 5.73 Å². The van der Waals surface area contributed by atoms with Crippen molar-refractivity contribution in [3.8, 4) is 0 Å². The van der Waals surface area contributed by atoms with Crippen LogP contribution in [0.25, 0.3) is 0 Å². The van der Waals surface area contributed by atoms with Gasteiger partial charge in [-0.05, 0) is 25.0 Å². The van der Waals surface area contributed by atoms with Gasteiger partial charge in [0, 0.05) is 18.7 Å². The van der Waals surface area contributed by atoms with E-state index in [0.29, 0.717) is 6.54 Å². The van der Waals surface area contributed by atoms with Crippen LogP contribution in [0, 0.1) is 0 Å². The Hall–Kier alpha value is -1.88. The summed E-state index contributed by atoms with van der Waals surface area (Å²) in [5.74, 6) is -0.253. The molecule has 0 saturated heterocycles. The summed E-state index contributed by atoms with van der Waals surface area (Å²) in [5, 5.41) is 5.53. The molecule has 0 aliphatic heterocycles. The van der Waals surface area contributed by atoms with Crippen LogP contribution in [0.3, 0.4) is 0 Å². The minimum atomic E-state index is -0.726. The third-order valence-corrected chi connectivity index (χ3v) is 3.64. The Kier molecular flexibility index (Phi) is 4.74. The highest BCUT2D eigenvalue weighted by Gasteiger charge is 2.36. The maximum Gasteiger partial charge on any atom is 0.240 e. The van der Waals surface area contributed by atoms with Crippen LogP contribution in [0.1, 0.15) is 32.1 Å². The van der Waals surface area contributed by atoms with Gasteiger partial charge in [0.1, 0.15) is 0 Å². The van der Waals surface area contributed by atoms with Crippen molar-refractivity contribution >= 4 is 17.5 Å². The summed E-state index contributed by atoms with van der Waals surface area (Å²) >= 11 is 0. The standard InChI is InChI=1S/C15H21N3O2/c16-15(9-4-5-10-15)14(20)17-11-8-13(19)18-12-6-2-1-3-7-12/h1-3,6-7H,4-5,8-11,16H2,(H,17,20)(H,18,19). The molecule has 5 heteroatoms. The predicted molar refractivity (Wildman–Crippen MR) is 78.1 cm³/mol. The first-order valence-electron chi connectivity index (χ1n) is 7.02. The first-order chi connectivity index (χ1) is 9.60. The van der Waals surface area contributed by atoms with Crippen LogP contribution in [-0.4, -0.2) is 23.9 Å². The maximum atomic E-state index is 11.9. The first-order valence-corrected chi connectivity index (χ1v) is 7.02. The molecule has 0 unspecified atom stereocenters. The second-order valence-electron chi connectivity index (χ2n) is 5.28. The molecule has 20 heavy (non-hydrogen) atoms. The van der Waals surface area contributed by atoms with Gasteiger partial charge in [-0.3, -0.25) is 9.59 Å². The van der Waals surface area contributed by atoms with Crippen LogP contribution in [0.2, 0.25) is 0 Å². The highest BCUT2D eigenvalue weighted by molar-refractivity contribution is 5.91. The average Bonchev–Trinajstić information content (AvgIpc) is 2.88. The Morgan fingerprint density at radius 3 is 2.45 bits per heavy atom. The summed E-state index contributed by atoms with van der Waals surface area (Å²) in [6.45, 7) is 0.316. The molecule has 0 atom stereocenters. The highest BCUT2D eigenvalue weighted by Crippen LogP contribution is 2.27. The number of nitrogens with two attached hydrogens (primary N) is 1. The molecule has 5 nitrogen and oxygen atoms in total. The van der Waals surface area contributed by atoms with Crippen LogP contribution >= 0.6 is 0 Å². The molecular formula is C15H21N3O2.